The van der Waals surface area contributed by atoms with Gasteiger partial charge in [-0.05, 0) is 12.8 Å². The zero-order valence-electron chi connectivity index (χ0n) is 8.96. The van der Waals surface area contributed by atoms with Crippen molar-refractivity contribution < 1.29 is 19.8 Å². The van der Waals surface area contributed by atoms with Crippen LogP contribution in [0.5, 0.6) is 0 Å². The van der Waals surface area contributed by atoms with Crippen LogP contribution in [0.4, 0.5) is 11.5 Å². The minimum absolute atomic E-state index is 0.0575. The molecule has 1 aliphatic heterocycles. The monoisotopic (exact) mass is 237 g/mol. The first-order chi connectivity index (χ1) is 8.09. The predicted octanol–water partition coefficient (Wildman–Crippen LogP) is -0.872. The van der Waals surface area contributed by atoms with Crippen LogP contribution in [0.1, 0.15) is 12.8 Å². The van der Waals surface area contributed by atoms with Crippen LogP contribution >= 0.6 is 0 Å². The van der Waals surface area contributed by atoms with Crippen molar-refractivity contribution in [3.05, 3.63) is 28.4 Å². The molecule has 1 aromatic rings. The summed E-state index contributed by atoms with van der Waals surface area (Å²) in [5.41, 5.74) is -0.0575. The summed E-state index contributed by atoms with van der Waals surface area (Å²) < 4.78 is 0. The van der Waals surface area contributed by atoms with Gasteiger partial charge in [0.25, 0.3) is 5.82 Å². The quantitative estimate of drug-likeness (QED) is 0.502. The molecule has 7 heteroatoms. The molecule has 0 spiro atoms. The highest BCUT2D eigenvalue weighted by Crippen LogP contribution is 2.22. The van der Waals surface area contributed by atoms with Gasteiger partial charge in [-0.2, -0.15) is 0 Å². The number of anilines is 1. The molecule has 2 rings (SSSR count). The molecule has 2 heterocycles. The standard InChI is InChI=1S/C10H11N3O4/c14-10(15)8-2-1-5-12(8)9-4-3-7(6-11-9)13(16)17/h3-4,6,8H,1-2,5H2,(H,14,15)/t8-/m0/s1. The molecule has 0 unspecified atom stereocenters. The molecule has 0 bridgehead atoms. The number of hydrogen-bond donors (Lipinski definition) is 0. The molecule has 0 aliphatic carbocycles. The maximum absolute atomic E-state index is 10.9. The third-order valence-electron chi connectivity index (χ3n) is 2.83. The fraction of sp³-hybridized carbons (Fsp3) is 0.400. The van der Waals surface area contributed by atoms with Gasteiger partial charge in [-0.15, -0.1) is 0 Å². The minimum Gasteiger partial charge on any atom is -0.546 e. The van der Waals surface area contributed by atoms with Crippen molar-refractivity contribution >= 4 is 17.5 Å². The van der Waals surface area contributed by atoms with E-state index in [4.69, 9.17) is 0 Å². The van der Waals surface area contributed by atoms with Gasteiger partial charge >= 0.3 is 5.69 Å². The van der Waals surface area contributed by atoms with E-state index in [1.54, 1.807) is 4.90 Å². The first-order valence-electron chi connectivity index (χ1n) is 5.23. The molecular formula is C10H11N3O4. The van der Waals surface area contributed by atoms with Gasteiger partial charge in [-0.1, -0.05) is 0 Å². The van der Waals surface area contributed by atoms with Crippen LogP contribution in [-0.4, -0.2) is 23.5 Å². The second kappa shape index (κ2) is 4.36. The Kier molecular flexibility index (Phi) is 2.90. The van der Waals surface area contributed by atoms with Gasteiger partial charge in [-0.3, -0.25) is 15.0 Å². The summed E-state index contributed by atoms with van der Waals surface area (Å²) in [6, 6.07) is 2.20. The molecule has 1 aromatic heterocycles. The van der Waals surface area contributed by atoms with Gasteiger partial charge in [0.1, 0.15) is 6.04 Å². The normalized spacial score (nSPS) is 19.3. The summed E-state index contributed by atoms with van der Waals surface area (Å²) in [5, 5.41) is 21.4. The Hall–Kier alpha value is -2.18. The zero-order chi connectivity index (χ0) is 12.4. The van der Waals surface area contributed by atoms with Crippen LogP contribution in [0.25, 0.3) is 0 Å². The first kappa shape index (κ1) is 11.3. The zero-order valence-corrected chi connectivity index (χ0v) is 8.96. The summed E-state index contributed by atoms with van der Waals surface area (Å²) in [6.45, 7) is 0.604. The smallest absolute Gasteiger partial charge is 0.308 e. The van der Waals surface area contributed by atoms with Crippen LogP contribution in [0.2, 0.25) is 0 Å². The molecule has 90 valence electrons. The fourth-order valence-electron chi connectivity index (χ4n) is 2.00. The Morgan fingerprint density at radius 1 is 1.53 bits per heavy atom. The molecule has 1 saturated heterocycles. The molecule has 1 N–H and O–H groups in total. The van der Waals surface area contributed by atoms with Crippen molar-refractivity contribution in [3.8, 4) is 0 Å². The van der Waals surface area contributed by atoms with Crippen molar-refractivity contribution in [3.63, 3.8) is 0 Å². The lowest BCUT2D eigenvalue weighted by atomic mass is 10.2. The van der Waals surface area contributed by atoms with Crippen LogP contribution in [0, 0.1) is 10.1 Å². The Morgan fingerprint density at radius 2 is 2.29 bits per heavy atom. The number of pyridine rings is 1. The van der Waals surface area contributed by atoms with E-state index in [0.717, 1.165) is 6.42 Å². The third-order valence-corrected chi connectivity index (χ3v) is 2.83. The number of hydrogen-bond acceptors (Lipinski definition) is 5. The number of carbonyl (C=O) groups excluding carboxylic acids is 1. The van der Waals surface area contributed by atoms with Gasteiger partial charge in [-0.25, -0.2) is 4.98 Å². The van der Waals surface area contributed by atoms with Crippen molar-refractivity contribution in [2.45, 2.75) is 18.9 Å². The molecule has 1 fully saturated rings. The average molecular weight is 237 g/mol. The van der Waals surface area contributed by atoms with Crippen LogP contribution in [-0.2, 0) is 4.79 Å². The number of H-pyrrole nitrogens is 1. The van der Waals surface area contributed by atoms with E-state index in [-0.39, 0.29) is 5.69 Å². The highest BCUT2D eigenvalue weighted by molar-refractivity contribution is 5.76. The fourth-order valence-corrected chi connectivity index (χ4v) is 2.00. The Balaban J connectivity index is 2.22. The molecule has 0 radical (unpaired) electrons. The Morgan fingerprint density at radius 3 is 2.82 bits per heavy atom. The SMILES string of the molecule is O=C([O-])[C@@H]1CCCN1c1ccc([N+](=O)[O-])c[nH+]1. The number of carbonyl (C=O) groups is 1. The number of aliphatic carboxylic acids is 1. The second-order valence-corrected chi connectivity index (χ2v) is 3.86. The molecule has 17 heavy (non-hydrogen) atoms. The van der Waals surface area contributed by atoms with Crippen LogP contribution < -0.4 is 15.0 Å². The molecule has 7 nitrogen and oxygen atoms in total. The topological polar surface area (TPSA) is 101 Å². The lowest BCUT2D eigenvalue weighted by Crippen LogP contribution is -2.46. The third kappa shape index (κ3) is 2.17. The number of aromatic amines is 1. The average Bonchev–Trinajstić information content (AvgIpc) is 2.78. The van der Waals surface area contributed by atoms with Crippen molar-refractivity contribution in [1.29, 1.82) is 0 Å². The van der Waals surface area contributed by atoms with Gasteiger partial charge in [0.2, 0.25) is 0 Å². The van der Waals surface area contributed by atoms with E-state index >= 15 is 0 Å². The number of aromatic nitrogens is 1. The van der Waals surface area contributed by atoms with E-state index in [0.29, 0.717) is 18.8 Å². The number of nitrogens with zero attached hydrogens (tertiary/aromatic N) is 2. The maximum Gasteiger partial charge on any atom is 0.308 e. The van der Waals surface area contributed by atoms with Gasteiger partial charge < -0.3 is 9.90 Å². The van der Waals surface area contributed by atoms with E-state index in [9.17, 15) is 20.0 Å². The number of nitrogens with one attached hydrogen (secondary N) is 1. The molecule has 0 amide bonds. The van der Waals surface area contributed by atoms with Crippen molar-refractivity contribution in [2.24, 2.45) is 0 Å². The van der Waals surface area contributed by atoms with Crippen LogP contribution in [0.15, 0.2) is 18.3 Å². The van der Waals surface area contributed by atoms with E-state index < -0.39 is 16.9 Å². The summed E-state index contributed by atoms with van der Waals surface area (Å²) >= 11 is 0. The predicted molar refractivity (Wildman–Crippen MR) is 55.0 cm³/mol. The summed E-state index contributed by atoms with van der Waals surface area (Å²) in [5.74, 6) is -0.559. The largest absolute Gasteiger partial charge is 0.546 e. The molecule has 0 aromatic carbocycles. The lowest BCUT2D eigenvalue weighted by molar-refractivity contribution is -0.414. The van der Waals surface area contributed by atoms with E-state index in [1.807, 2.05) is 0 Å². The van der Waals surface area contributed by atoms with Gasteiger partial charge in [0.15, 0.2) is 6.20 Å². The first-order valence-corrected chi connectivity index (χ1v) is 5.23. The van der Waals surface area contributed by atoms with E-state index in [1.165, 1.54) is 18.3 Å². The molecule has 1 atom stereocenters. The maximum atomic E-state index is 10.9. The Bertz CT molecular complexity index is 445. The van der Waals surface area contributed by atoms with Gasteiger partial charge in [0, 0.05) is 12.1 Å². The number of carboxylic acid groups (broad SMARTS) is 1. The van der Waals surface area contributed by atoms with Crippen molar-refractivity contribution in [2.75, 3.05) is 11.4 Å². The molecule has 0 saturated carbocycles. The highest BCUT2D eigenvalue weighted by Gasteiger charge is 2.33. The number of carboxylic acids is 1. The van der Waals surface area contributed by atoms with Crippen molar-refractivity contribution in [1.82, 2.24) is 0 Å². The molecule has 1 aliphatic rings. The van der Waals surface area contributed by atoms with E-state index in [2.05, 4.69) is 4.98 Å². The number of rotatable bonds is 3. The minimum atomic E-state index is -1.12. The molecular weight excluding hydrogens is 226 g/mol. The summed E-state index contributed by atoms with van der Waals surface area (Å²) in [7, 11) is 0. The van der Waals surface area contributed by atoms with Crippen LogP contribution in [0.3, 0.4) is 0 Å². The highest BCUT2D eigenvalue weighted by atomic mass is 16.6. The number of nitro groups is 1. The summed E-state index contributed by atoms with van der Waals surface area (Å²) in [6.07, 6.45) is 2.55. The summed E-state index contributed by atoms with van der Waals surface area (Å²) in [4.78, 5) is 25.2. The Labute approximate surface area is 96.8 Å². The van der Waals surface area contributed by atoms with Gasteiger partial charge in [0.05, 0.1) is 17.4 Å². The second-order valence-electron chi connectivity index (χ2n) is 3.86. The lowest BCUT2D eigenvalue weighted by Gasteiger charge is -2.19.